The number of aromatic nitrogens is 2. The molecule has 0 radical (unpaired) electrons. The van der Waals surface area contributed by atoms with E-state index in [1.165, 1.54) is 0 Å². The van der Waals surface area contributed by atoms with Gasteiger partial charge in [0.15, 0.2) is 11.5 Å². The standard InChI is InChI=1S/C26H34N4O3/c1-18(2)16-30(26(31)27-19(3)4)17-21-24(20-12-8-7-9-13-20)28-29(5)25(21)33-23-15-11-10-14-22(23)32-6/h7-15,18-19H,16-17H2,1-6H3,(H,27,31). The average molecular weight is 451 g/mol. The van der Waals surface area contributed by atoms with Crippen LogP contribution >= 0.6 is 0 Å². The van der Waals surface area contributed by atoms with Gasteiger partial charge >= 0.3 is 6.03 Å². The van der Waals surface area contributed by atoms with E-state index in [2.05, 4.69) is 19.2 Å². The molecule has 2 aromatic carbocycles. The van der Waals surface area contributed by atoms with Gasteiger partial charge < -0.3 is 19.7 Å². The molecule has 33 heavy (non-hydrogen) atoms. The minimum Gasteiger partial charge on any atom is -0.493 e. The van der Waals surface area contributed by atoms with Crippen LogP contribution in [-0.2, 0) is 13.6 Å². The Morgan fingerprint density at radius 2 is 1.67 bits per heavy atom. The summed E-state index contributed by atoms with van der Waals surface area (Å²) in [6.45, 7) is 9.09. The number of amides is 2. The number of carbonyl (C=O) groups excluding carboxylic acids is 1. The monoisotopic (exact) mass is 450 g/mol. The van der Waals surface area contributed by atoms with Crippen molar-refractivity contribution in [1.82, 2.24) is 20.0 Å². The number of hydrogen-bond acceptors (Lipinski definition) is 4. The summed E-state index contributed by atoms with van der Waals surface area (Å²) in [5, 5.41) is 7.80. The van der Waals surface area contributed by atoms with Crippen molar-refractivity contribution in [2.45, 2.75) is 40.3 Å². The lowest BCUT2D eigenvalue weighted by Crippen LogP contribution is -2.44. The van der Waals surface area contributed by atoms with Gasteiger partial charge in [-0.1, -0.05) is 56.3 Å². The zero-order chi connectivity index (χ0) is 24.0. The number of methoxy groups -OCH3 is 1. The van der Waals surface area contributed by atoms with Crippen molar-refractivity contribution in [3.05, 3.63) is 60.2 Å². The molecule has 0 aliphatic carbocycles. The van der Waals surface area contributed by atoms with Gasteiger partial charge in [0.1, 0.15) is 5.69 Å². The number of aryl methyl sites for hydroxylation is 1. The number of urea groups is 1. The number of ether oxygens (including phenoxy) is 2. The van der Waals surface area contributed by atoms with Gasteiger partial charge in [-0.3, -0.25) is 0 Å². The van der Waals surface area contributed by atoms with Crippen LogP contribution in [0.25, 0.3) is 11.3 Å². The Morgan fingerprint density at radius 3 is 2.27 bits per heavy atom. The van der Waals surface area contributed by atoms with E-state index in [-0.39, 0.29) is 12.1 Å². The maximum atomic E-state index is 13.0. The van der Waals surface area contributed by atoms with E-state index in [0.29, 0.717) is 36.4 Å². The Morgan fingerprint density at radius 1 is 1.03 bits per heavy atom. The van der Waals surface area contributed by atoms with Crippen molar-refractivity contribution in [2.24, 2.45) is 13.0 Å². The topological polar surface area (TPSA) is 68.6 Å². The molecule has 176 valence electrons. The van der Waals surface area contributed by atoms with E-state index < -0.39 is 0 Å². The Balaban J connectivity index is 2.08. The third kappa shape index (κ3) is 6.06. The van der Waals surface area contributed by atoms with Crippen molar-refractivity contribution in [3.63, 3.8) is 0 Å². The minimum atomic E-state index is -0.107. The summed E-state index contributed by atoms with van der Waals surface area (Å²) >= 11 is 0. The van der Waals surface area contributed by atoms with E-state index in [0.717, 1.165) is 16.8 Å². The summed E-state index contributed by atoms with van der Waals surface area (Å²) in [6.07, 6.45) is 0. The number of nitrogens with zero attached hydrogens (tertiary/aromatic N) is 3. The second-order valence-electron chi connectivity index (χ2n) is 8.75. The highest BCUT2D eigenvalue weighted by Gasteiger charge is 2.25. The molecule has 0 bridgehead atoms. The SMILES string of the molecule is COc1ccccc1Oc1c(CN(CC(C)C)C(=O)NC(C)C)c(-c2ccccc2)nn1C. The summed E-state index contributed by atoms with van der Waals surface area (Å²) < 4.78 is 13.5. The lowest BCUT2D eigenvalue weighted by Gasteiger charge is -2.26. The van der Waals surface area contributed by atoms with Gasteiger partial charge in [0.25, 0.3) is 0 Å². The number of rotatable bonds is 9. The Labute approximate surface area is 196 Å². The van der Waals surface area contributed by atoms with Crippen molar-refractivity contribution in [3.8, 4) is 28.6 Å². The molecule has 0 saturated carbocycles. The summed E-state index contributed by atoms with van der Waals surface area (Å²) in [5.74, 6) is 2.09. The smallest absolute Gasteiger partial charge is 0.317 e. The number of hydrogen-bond donors (Lipinski definition) is 1. The molecule has 1 heterocycles. The summed E-state index contributed by atoms with van der Waals surface area (Å²) in [7, 11) is 3.46. The van der Waals surface area contributed by atoms with Crippen LogP contribution in [0.5, 0.6) is 17.4 Å². The zero-order valence-corrected chi connectivity index (χ0v) is 20.3. The van der Waals surface area contributed by atoms with Gasteiger partial charge in [-0.15, -0.1) is 0 Å². The lowest BCUT2D eigenvalue weighted by atomic mass is 10.1. The third-order valence-electron chi connectivity index (χ3n) is 5.04. The largest absolute Gasteiger partial charge is 0.493 e. The Kier molecular flexibility index (Phi) is 7.98. The van der Waals surface area contributed by atoms with E-state index in [1.807, 2.05) is 80.4 Å². The molecule has 0 fully saturated rings. The molecular weight excluding hydrogens is 416 g/mol. The van der Waals surface area contributed by atoms with Crippen molar-refractivity contribution >= 4 is 6.03 Å². The molecule has 0 unspecified atom stereocenters. The number of nitrogens with one attached hydrogen (secondary N) is 1. The molecular formula is C26H34N4O3. The van der Waals surface area contributed by atoms with Crippen molar-refractivity contribution in [1.29, 1.82) is 0 Å². The third-order valence-corrected chi connectivity index (χ3v) is 5.04. The quantitative estimate of drug-likeness (QED) is 0.470. The van der Waals surface area contributed by atoms with Gasteiger partial charge in [0, 0.05) is 25.2 Å². The molecule has 0 aliphatic heterocycles. The molecule has 7 nitrogen and oxygen atoms in total. The molecule has 7 heteroatoms. The fourth-order valence-electron chi connectivity index (χ4n) is 3.65. The zero-order valence-electron chi connectivity index (χ0n) is 20.3. The van der Waals surface area contributed by atoms with Crippen LogP contribution in [0.4, 0.5) is 4.79 Å². The predicted molar refractivity (Wildman–Crippen MR) is 131 cm³/mol. The Hall–Kier alpha value is -3.48. The highest BCUT2D eigenvalue weighted by atomic mass is 16.5. The van der Waals surface area contributed by atoms with Crippen LogP contribution in [0.3, 0.4) is 0 Å². The molecule has 0 spiro atoms. The van der Waals surface area contributed by atoms with Gasteiger partial charge in [-0.25, -0.2) is 9.48 Å². The first-order valence-electron chi connectivity index (χ1n) is 11.3. The van der Waals surface area contributed by atoms with Gasteiger partial charge in [0.05, 0.1) is 19.2 Å². The van der Waals surface area contributed by atoms with E-state index in [1.54, 1.807) is 11.8 Å². The normalized spacial score (nSPS) is 11.0. The first-order chi connectivity index (χ1) is 15.8. The number of benzene rings is 2. The minimum absolute atomic E-state index is 0.0407. The first-order valence-corrected chi connectivity index (χ1v) is 11.3. The van der Waals surface area contributed by atoms with Gasteiger partial charge in [-0.05, 0) is 31.9 Å². The van der Waals surface area contributed by atoms with Crippen LogP contribution in [0.1, 0.15) is 33.3 Å². The van der Waals surface area contributed by atoms with Crippen molar-refractivity contribution < 1.29 is 14.3 Å². The molecule has 0 atom stereocenters. The second-order valence-corrected chi connectivity index (χ2v) is 8.75. The average Bonchev–Trinajstić information content (AvgIpc) is 3.08. The predicted octanol–water partition coefficient (Wildman–Crippen LogP) is 5.46. The maximum Gasteiger partial charge on any atom is 0.317 e. The van der Waals surface area contributed by atoms with Crippen LogP contribution in [-0.4, -0.2) is 40.4 Å². The van der Waals surface area contributed by atoms with E-state index in [4.69, 9.17) is 14.6 Å². The van der Waals surface area contributed by atoms with Crippen LogP contribution in [0, 0.1) is 5.92 Å². The van der Waals surface area contributed by atoms with E-state index >= 15 is 0 Å². The molecule has 3 rings (SSSR count). The molecule has 1 N–H and O–H groups in total. The fourth-order valence-corrected chi connectivity index (χ4v) is 3.65. The fraction of sp³-hybridized carbons (Fsp3) is 0.385. The first kappa shape index (κ1) is 24.2. The highest BCUT2D eigenvalue weighted by Crippen LogP contribution is 2.37. The van der Waals surface area contributed by atoms with Crippen LogP contribution in [0.2, 0.25) is 0 Å². The number of para-hydroxylation sites is 2. The molecule has 0 saturated heterocycles. The summed E-state index contributed by atoms with van der Waals surface area (Å²) in [6, 6.07) is 17.4. The summed E-state index contributed by atoms with van der Waals surface area (Å²) in [5.41, 5.74) is 2.59. The highest BCUT2D eigenvalue weighted by molar-refractivity contribution is 5.75. The second kappa shape index (κ2) is 10.9. The lowest BCUT2D eigenvalue weighted by molar-refractivity contribution is 0.185. The van der Waals surface area contributed by atoms with Crippen LogP contribution in [0.15, 0.2) is 54.6 Å². The van der Waals surface area contributed by atoms with E-state index in [9.17, 15) is 4.79 Å². The molecule has 3 aromatic rings. The number of carbonyl (C=O) groups is 1. The molecule has 1 aromatic heterocycles. The summed E-state index contributed by atoms with van der Waals surface area (Å²) in [4.78, 5) is 14.9. The van der Waals surface area contributed by atoms with Crippen molar-refractivity contribution in [2.75, 3.05) is 13.7 Å². The molecule has 0 aliphatic rings. The van der Waals surface area contributed by atoms with Crippen LogP contribution < -0.4 is 14.8 Å². The van der Waals surface area contributed by atoms with Gasteiger partial charge in [-0.2, -0.15) is 5.10 Å². The molecule has 2 amide bonds. The Bertz CT molecular complexity index is 1060. The van der Waals surface area contributed by atoms with Gasteiger partial charge in [0.2, 0.25) is 5.88 Å². The maximum absolute atomic E-state index is 13.0.